The molecular weight excluding hydrogens is 164 g/mol. The Morgan fingerprint density at radius 2 is 1.91 bits per heavy atom. The first kappa shape index (κ1) is 8.83. The van der Waals surface area contributed by atoms with Crippen molar-refractivity contribution in [3.05, 3.63) is 0 Å². The summed E-state index contributed by atoms with van der Waals surface area (Å²) in [4.78, 5) is 0. The molecule has 3 nitrogen and oxygen atoms in total. The van der Waals surface area contributed by atoms with Crippen LogP contribution in [-0.2, 0) is 9.31 Å². The highest BCUT2D eigenvalue weighted by Gasteiger charge is 2.40. The molecule has 7 heteroatoms. The van der Waals surface area contributed by atoms with E-state index in [0.717, 1.165) is 0 Å². The molecule has 0 atom stereocenters. The molecule has 1 N–H and O–H groups in total. The lowest BCUT2D eigenvalue weighted by Crippen LogP contribution is -2.31. The maximum Gasteiger partial charge on any atom is 0.643 e. The number of rotatable bonds is 3. The quantitative estimate of drug-likeness (QED) is 0.632. The van der Waals surface area contributed by atoms with Crippen molar-refractivity contribution in [2.75, 3.05) is 0 Å². The van der Waals surface area contributed by atoms with Crippen molar-refractivity contribution in [3.63, 3.8) is 0 Å². The van der Waals surface area contributed by atoms with Gasteiger partial charge in [-0.25, -0.2) is 0 Å². The van der Waals surface area contributed by atoms with E-state index >= 15 is 0 Å². The molecule has 1 aliphatic carbocycles. The molecule has 0 radical (unpaired) electrons. The molecule has 0 unspecified atom stereocenters. The zero-order chi connectivity index (χ0) is 8.48. The summed E-state index contributed by atoms with van der Waals surface area (Å²) in [5.74, 6) is 0. The molecule has 0 amide bonds. The molecule has 1 fully saturated rings. The average molecular weight is 170 g/mol. The maximum atomic E-state index is 11.3. The second kappa shape index (κ2) is 3.00. The van der Waals surface area contributed by atoms with E-state index in [2.05, 4.69) is 9.31 Å². The Labute approximate surface area is 61.3 Å². The van der Waals surface area contributed by atoms with E-state index in [4.69, 9.17) is 5.02 Å². The van der Waals surface area contributed by atoms with Crippen molar-refractivity contribution in [1.82, 2.24) is 0 Å². The minimum absolute atomic E-state index is 0.271. The standard InChI is InChI=1S/C4H6BF3O3/c6-4(7,8)11-5(9)10-3-1-2-3/h3,9H,1-2H2. The van der Waals surface area contributed by atoms with E-state index in [0.29, 0.717) is 12.8 Å². The van der Waals surface area contributed by atoms with Crippen LogP contribution in [0.2, 0.25) is 0 Å². The minimum atomic E-state index is -4.84. The third-order valence-corrected chi connectivity index (χ3v) is 1.07. The van der Waals surface area contributed by atoms with Crippen LogP contribution < -0.4 is 0 Å². The number of hydrogen-bond acceptors (Lipinski definition) is 3. The van der Waals surface area contributed by atoms with Crippen LogP contribution in [0.3, 0.4) is 0 Å². The molecular formula is C4H6BF3O3. The fourth-order valence-corrected chi connectivity index (χ4v) is 0.511. The van der Waals surface area contributed by atoms with Crippen LogP contribution in [0.15, 0.2) is 0 Å². The average Bonchev–Trinajstić information content (AvgIpc) is 2.42. The SMILES string of the molecule is OB(OC1CC1)OC(F)(F)F. The van der Waals surface area contributed by atoms with Gasteiger partial charge >= 0.3 is 13.7 Å². The first-order chi connectivity index (χ1) is 4.97. The Balaban J connectivity index is 2.13. The van der Waals surface area contributed by atoms with Crippen LogP contribution in [-0.4, -0.2) is 24.8 Å². The molecule has 64 valence electrons. The fraction of sp³-hybridized carbons (Fsp3) is 1.00. The predicted octanol–water partition coefficient (Wildman–Crippen LogP) is 0.679. The van der Waals surface area contributed by atoms with Crippen molar-refractivity contribution in [3.8, 4) is 0 Å². The Morgan fingerprint density at radius 1 is 1.36 bits per heavy atom. The van der Waals surface area contributed by atoms with Crippen LogP contribution in [0.1, 0.15) is 12.8 Å². The smallest absolute Gasteiger partial charge is 0.401 e. The Hall–Kier alpha value is -0.265. The van der Waals surface area contributed by atoms with Gasteiger partial charge < -0.3 is 9.68 Å². The summed E-state index contributed by atoms with van der Waals surface area (Å²) in [5, 5.41) is 8.43. The molecule has 1 rings (SSSR count). The van der Waals surface area contributed by atoms with E-state index in [-0.39, 0.29) is 6.10 Å². The van der Waals surface area contributed by atoms with Crippen molar-refractivity contribution < 1.29 is 27.5 Å². The third-order valence-electron chi connectivity index (χ3n) is 1.07. The Morgan fingerprint density at radius 3 is 2.27 bits per heavy atom. The van der Waals surface area contributed by atoms with Gasteiger partial charge in [-0.3, -0.25) is 4.65 Å². The van der Waals surface area contributed by atoms with Gasteiger partial charge in [0.15, 0.2) is 0 Å². The monoisotopic (exact) mass is 170 g/mol. The van der Waals surface area contributed by atoms with Crippen molar-refractivity contribution in [1.29, 1.82) is 0 Å². The lowest BCUT2D eigenvalue weighted by Gasteiger charge is -2.09. The summed E-state index contributed by atoms with van der Waals surface area (Å²) in [6, 6.07) is 0. The summed E-state index contributed by atoms with van der Waals surface area (Å²) >= 11 is 0. The van der Waals surface area contributed by atoms with Gasteiger partial charge in [-0.15, -0.1) is 13.2 Å². The van der Waals surface area contributed by atoms with Crippen LogP contribution >= 0.6 is 0 Å². The Kier molecular flexibility index (Phi) is 2.41. The van der Waals surface area contributed by atoms with E-state index in [1.165, 1.54) is 0 Å². The summed E-state index contributed by atoms with van der Waals surface area (Å²) in [6.45, 7) is 0. The molecule has 11 heavy (non-hydrogen) atoms. The van der Waals surface area contributed by atoms with Crippen molar-refractivity contribution in [2.45, 2.75) is 25.3 Å². The molecule has 0 aliphatic heterocycles. The normalized spacial score (nSPS) is 18.5. The van der Waals surface area contributed by atoms with Gasteiger partial charge in [0.1, 0.15) is 0 Å². The van der Waals surface area contributed by atoms with Gasteiger partial charge in [0.25, 0.3) is 0 Å². The molecule has 0 aromatic carbocycles. The van der Waals surface area contributed by atoms with Crippen LogP contribution in [0.25, 0.3) is 0 Å². The zero-order valence-corrected chi connectivity index (χ0v) is 5.47. The van der Waals surface area contributed by atoms with Crippen LogP contribution in [0.4, 0.5) is 13.2 Å². The number of halogens is 3. The first-order valence-electron chi connectivity index (χ1n) is 3.05. The fourth-order valence-electron chi connectivity index (χ4n) is 0.511. The van der Waals surface area contributed by atoms with Crippen molar-refractivity contribution >= 4 is 7.32 Å². The molecule has 0 aromatic heterocycles. The van der Waals surface area contributed by atoms with E-state index in [1.807, 2.05) is 0 Å². The lowest BCUT2D eigenvalue weighted by molar-refractivity contribution is -0.290. The van der Waals surface area contributed by atoms with E-state index in [1.54, 1.807) is 0 Å². The first-order valence-corrected chi connectivity index (χ1v) is 3.05. The summed E-state index contributed by atoms with van der Waals surface area (Å²) in [7, 11) is -2.18. The lowest BCUT2D eigenvalue weighted by atomic mass is 10.2. The molecule has 0 aromatic rings. The van der Waals surface area contributed by atoms with E-state index < -0.39 is 13.7 Å². The van der Waals surface area contributed by atoms with Gasteiger partial charge in [-0.1, -0.05) is 0 Å². The highest BCUT2D eigenvalue weighted by Crippen LogP contribution is 2.25. The van der Waals surface area contributed by atoms with E-state index in [9.17, 15) is 13.2 Å². The largest absolute Gasteiger partial charge is 0.643 e. The predicted molar refractivity (Wildman–Crippen MR) is 29.2 cm³/mol. The maximum absolute atomic E-state index is 11.3. The molecule has 0 heterocycles. The van der Waals surface area contributed by atoms with Gasteiger partial charge in [-0.05, 0) is 12.8 Å². The topological polar surface area (TPSA) is 38.7 Å². The number of hydrogen-bond donors (Lipinski definition) is 1. The minimum Gasteiger partial charge on any atom is -0.401 e. The molecule has 0 saturated heterocycles. The molecule has 1 aliphatic rings. The second-order valence-electron chi connectivity index (χ2n) is 2.21. The molecule has 1 saturated carbocycles. The summed E-state index contributed by atoms with van der Waals surface area (Å²) < 4.78 is 41.4. The Bertz CT molecular complexity index is 135. The van der Waals surface area contributed by atoms with Gasteiger partial charge in [0, 0.05) is 6.10 Å². The third kappa shape index (κ3) is 4.23. The number of alkyl halides is 3. The van der Waals surface area contributed by atoms with Crippen LogP contribution in [0.5, 0.6) is 0 Å². The molecule has 0 spiro atoms. The second-order valence-corrected chi connectivity index (χ2v) is 2.21. The van der Waals surface area contributed by atoms with Crippen LogP contribution in [0, 0.1) is 0 Å². The summed E-state index contributed by atoms with van der Waals surface area (Å²) in [6.07, 6.45) is -3.75. The van der Waals surface area contributed by atoms with Gasteiger partial charge in [0.2, 0.25) is 0 Å². The highest BCUT2D eigenvalue weighted by atomic mass is 19.4. The highest BCUT2D eigenvalue weighted by molar-refractivity contribution is 6.34. The zero-order valence-electron chi connectivity index (χ0n) is 5.47. The summed E-state index contributed by atoms with van der Waals surface area (Å²) in [5.41, 5.74) is 0. The van der Waals surface area contributed by atoms with Gasteiger partial charge in [0.05, 0.1) is 0 Å². The van der Waals surface area contributed by atoms with Crippen molar-refractivity contribution in [2.24, 2.45) is 0 Å². The molecule has 0 bridgehead atoms. The van der Waals surface area contributed by atoms with Gasteiger partial charge in [-0.2, -0.15) is 0 Å².